The van der Waals surface area contributed by atoms with Gasteiger partial charge in [-0.15, -0.1) is 23.5 Å². The molecule has 272 valence electrons. The summed E-state index contributed by atoms with van der Waals surface area (Å²) in [5.41, 5.74) is 10.4. The molecule has 0 saturated carbocycles. The summed E-state index contributed by atoms with van der Waals surface area (Å²) in [7, 11) is 0. The summed E-state index contributed by atoms with van der Waals surface area (Å²) in [5.74, 6) is 0. The first-order valence-corrected chi connectivity index (χ1v) is 20.8. The molecule has 2 rings (SSSR count). The van der Waals surface area contributed by atoms with Crippen molar-refractivity contribution in [2.75, 3.05) is 0 Å². The summed E-state index contributed by atoms with van der Waals surface area (Å²) in [5, 5.41) is 0.887. The van der Waals surface area contributed by atoms with Crippen LogP contribution in [0, 0.1) is 0 Å². The smallest absolute Gasteiger partial charge is 0.0314 e. The first kappa shape index (κ1) is 43.5. The van der Waals surface area contributed by atoms with Crippen molar-refractivity contribution < 1.29 is 0 Å². The van der Waals surface area contributed by atoms with Crippen LogP contribution in [0.3, 0.4) is 0 Å². The molecule has 0 radical (unpaired) electrons. The monoisotopic (exact) mass is 708 g/mol. The Morgan fingerprint density at radius 1 is 0.460 bits per heavy atom. The minimum Gasteiger partial charge on any atom is -0.118 e. The molecule has 2 heteroatoms. The molecule has 0 aliphatic carbocycles. The second kappa shape index (κ2) is 26.1. The zero-order chi connectivity index (χ0) is 36.6. The molecule has 2 atom stereocenters. The van der Waals surface area contributed by atoms with Crippen molar-refractivity contribution in [2.24, 2.45) is 0 Å². The number of thioether (sulfide) groups is 2. The first-order chi connectivity index (χ1) is 24.0. The van der Waals surface area contributed by atoms with Gasteiger partial charge >= 0.3 is 0 Å². The second-order valence-electron chi connectivity index (χ2n) is 14.4. The molecule has 2 aromatic carbocycles. The Morgan fingerprint density at radius 2 is 0.820 bits per heavy atom. The molecule has 2 unspecified atom stereocenters. The van der Waals surface area contributed by atoms with Crippen molar-refractivity contribution in [3.05, 3.63) is 142 Å². The van der Waals surface area contributed by atoms with Gasteiger partial charge in [0.15, 0.2) is 0 Å². The average molecular weight is 709 g/mol. The summed E-state index contributed by atoms with van der Waals surface area (Å²) in [4.78, 5) is 2.70. The van der Waals surface area contributed by atoms with Crippen LogP contribution in [-0.2, 0) is 0 Å². The topological polar surface area (TPSA) is 0 Å². The van der Waals surface area contributed by atoms with Crippen molar-refractivity contribution in [3.63, 3.8) is 0 Å². The van der Waals surface area contributed by atoms with Crippen LogP contribution < -0.4 is 0 Å². The SMILES string of the molecule is CC/C=C(\C)CC/C=C(\C)CC(/C=C(\C)CC/C=C(\C)CC(/C=C(\C)CC/C=C(\C)CCC=C(C)C)Sc1ccccc1)Sc1ccccc1. The lowest BCUT2D eigenvalue weighted by Crippen LogP contribution is -2.02. The van der Waals surface area contributed by atoms with Gasteiger partial charge in [0.1, 0.15) is 0 Å². The molecule has 0 spiro atoms. The average Bonchev–Trinajstić information content (AvgIpc) is 3.05. The lowest BCUT2D eigenvalue weighted by Gasteiger charge is -2.16. The van der Waals surface area contributed by atoms with Gasteiger partial charge in [-0.25, -0.2) is 0 Å². The summed E-state index contributed by atoms with van der Waals surface area (Å²) in [6.07, 6.45) is 29.6. The molecule has 0 heterocycles. The van der Waals surface area contributed by atoms with E-state index >= 15 is 0 Å². The molecular weight excluding hydrogens is 641 g/mol. The van der Waals surface area contributed by atoms with Gasteiger partial charge in [-0.3, -0.25) is 0 Å². The molecule has 0 nitrogen and oxygen atoms in total. The zero-order valence-electron chi connectivity index (χ0n) is 33.1. The standard InChI is InChI=1S/C48H68S2/c1-10-21-39(4)24-18-26-41(6)34-47(49-45-30-13-11-14-31-45)36-43(8)28-20-29-44(9)37-48(50-46-32-15-12-16-33-46)35-42(7)27-19-25-40(5)23-17-22-38(2)3/h11-16,21-22,25-26,29-33,35-36,47-48H,10,17-20,23-24,27-28,34,37H2,1-9H3/b39-21+,40-25+,41-26+,42-35+,43-36+,44-29+. The number of hydrogen-bond acceptors (Lipinski definition) is 2. The van der Waals surface area contributed by atoms with Gasteiger partial charge in [-0.2, -0.15) is 0 Å². The molecule has 0 bridgehead atoms. The van der Waals surface area contributed by atoms with Crippen molar-refractivity contribution >= 4 is 23.5 Å². The van der Waals surface area contributed by atoms with Crippen LogP contribution in [-0.4, -0.2) is 10.5 Å². The van der Waals surface area contributed by atoms with Crippen LogP contribution in [0.1, 0.15) is 133 Å². The van der Waals surface area contributed by atoms with Crippen LogP contribution in [0.15, 0.2) is 152 Å². The minimum absolute atomic E-state index is 0.440. The number of allylic oxidation sites excluding steroid dienone is 12. The van der Waals surface area contributed by atoms with E-state index in [0.29, 0.717) is 10.5 Å². The van der Waals surface area contributed by atoms with E-state index in [0.717, 1.165) is 64.2 Å². The molecule has 50 heavy (non-hydrogen) atoms. The molecule has 0 aliphatic heterocycles. The van der Waals surface area contributed by atoms with Crippen LogP contribution >= 0.6 is 23.5 Å². The lowest BCUT2D eigenvalue weighted by molar-refractivity contribution is 0.890. The van der Waals surface area contributed by atoms with Gasteiger partial charge in [0.25, 0.3) is 0 Å². The van der Waals surface area contributed by atoms with Gasteiger partial charge < -0.3 is 0 Å². The normalized spacial score (nSPS) is 14.9. The molecule has 0 N–H and O–H groups in total. The second-order valence-corrected chi connectivity index (χ2v) is 17.0. The fraction of sp³-hybridized carbons (Fsp3) is 0.458. The van der Waals surface area contributed by atoms with Crippen LogP contribution in [0.4, 0.5) is 0 Å². The van der Waals surface area contributed by atoms with E-state index in [2.05, 4.69) is 166 Å². The Bertz CT molecular complexity index is 1440. The maximum absolute atomic E-state index is 2.54. The molecule has 2 aromatic rings. The van der Waals surface area contributed by atoms with E-state index in [9.17, 15) is 0 Å². The molecule has 0 amide bonds. The van der Waals surface area contributed by atoms with Gasteiger partial charge in [-0.05, 0) is 150 Å². The van der Waals surface area contributed by atoms with Crippen molar-refractivity contribution in [1.82, 2.24) is 0 Å². The molecule has 0 aliphatic rings. The van der Waals surface area contributed by atoms with Crippen molar-refractivity contribution in [1.29, 1.82) is 0 Å². The highest BCUT2D eigenvalue weighted by Gasteiger charge is 2.11. The fourth-order valence-electron chi connectivity index (χ4n) is 6.00. The van der Waals surface area contributed by atoms with E-state index in [1.165, 1.54) is 55.2 Å². The van der Waals surface area contributed by atoms with Crippen molar-refractivity contribution in [2.45, 2.75) is 153 Å². The Kier molecular flexibility index (Phi) is 22.7. The first-order valence-electron chi connectivity index (χ1n) is 19.1. The van der Waals surface area contributed by atoms with Crippen LogP contribution in [0.2, 0.25) is 0 Å². The van der Waals surface area contributed by atoms with Gasteiger partial charge in [-0.1, -0.05) is 125 Å². The van der Waals surface area contributed by atoms with Gasteiger partial charge in [0, 0.05) is 20.3 Å². The third-order valence-electron chi connectivity index (χ3n) is 8.79. The maximum Gasteiger partial charge on any atom is 0.0314 e. The Morgan fingerprint density at radius 3 is 1.22 bits per heavy atom. The maximum atomic E-state index is 2.54. The number of rotatable bonds is 23. The van der Waals surface area contributed by atoms with Gasteiger partial charge in [0.2, 0.25) is 0 Å². The van der Waals surface area contributed by atoms with Crippen molar-refractivity contribution in [3.8, 4) is 0 Å². The Hall–Kier alpha value is -2.68. The predicted octanol–water partition coefficient (Wildman–Crippen LogP) is 16.3. The van der Waals surface area contributed by atoms with E-state index in [4.69, 9.17) is 0 Å². The lowest BCUT2D eigenvalue weighted by atomic mass is 10.0. The van der Waals surface area contributed by atoms with Gasteiger partial charge in [0.05, 0.1) is 0 Å². The largest absolute Gasteiger partial charge is 0.118 e. The summed E-state index contributed by atoms with van der Waals surface area (Å²) < 4.78 is 0. The van der Waals surface area contributed by atoms with E-state index < -0.39 is 0 Å². The van der Waals surface area contributed by atoms with Crippen LogP contribution in [0.5, 0.6) is 0 Å². The minimum atomic E-state index is 0.440. The zero-order valence-corrected chi connectivity index (χ0v) is 34.7. The van der Waals surface area contributed by atoms with Crippen LogP contribution in [0.25, 0.3) is 0 Å². The quantitative estimate of drug-likeness (QED) is 0.0832. The highest BCUT2D eigenvalue weighted by Crippen LogP contribution is 2.32. The fourth-order valence-corrected chi connectivity index (χ4v) is 8.62. The number of hydrogen-bond donors (Lipinski definition) is 0. The predicted molar refractivity (Wildman–Crippen MR) is 231 cm³/mol. The van der Waals surface area contributed by atoms with E-state index in [1.54, 1.807) is 0 Å². The third-order valence-corrected chi connectivity index (χ3v) is 11.1. The third kappa shape index (κ3) is 21.5. The van der Waals surface area contributed by atoms with E-state index in [1.807, 2.05) is 23.5 Å². The summed E-state index contributed by atoms with van der Waals surface area (Å²) in [6.45, 7) is 20.4. The molecular formula is C48H68S2. The highest BCUT2D eigenvalue weighted by molar-refractivity contribution is 8.00. The summed E-state index contributed by atoms with van der Waals surface area (Å²) in [6, 6.07) is 21.8. The molecule has 0 aromatic heterocycles. The highest BCUT2D eigenvalue weighted by atomic mass is 32.2. The Balaban J connectivity index is 2.05. The Labute approximate surface area is 317 Å². The molecule has 0 fully saturated rings. The number of benzene rings is 2. The summed E-state index contributed by atoms with van der Waals surface area (Å²) >= 11 is 4.00. The molecule has 0 saturated heterocycles. The van der Waals surface area contributed by atoms with E-state index in [-0.39, 0.29) is 0 Å².